The van der Waals surface area contributed by atoms with Gasteiger partial charge in [0.25, 0.3) is 11.6 Å². The molecule has 0 saturated heterocycles. The van der Waals surface area contributed by atoms with Gasteiger partial charge >= 0.3 is 5.97 Å². The molecule has 29 heavy (non-hydrogen) atoms. The molecule has 0 bridgehead atoms. The molecule has 154 valence electrons. The lowest BCUT2D eigenvalue weighted by Gasteiger charge is -2.14. The Morgan fingerprint density at radius 3 is 2.52 bits per heavy atom. The van der Waals surface area contributed by atoms with Gasteiger partial charge in [0.15, 0.2) is 6.10 Å². The van der Waals surface area contributed by atoms with Crippen LogP contribution in [0.25, 0.3) is 0 Å². The van der Waals surface area contributed by atoms with E-state index in [9.17, 15) is 24.1 Å². The third-order valence-corrected chi connectivity index (χ3v) is 3.82. The lowest BCUT2D eigenvalue weighted by molar-refractivity contribution is -0.384. The van der Waals surface area contributed by atoms with Gasteiger partial charge in [-0.05, 0) is 43.3 Å². The molecule has 0 aliphatic rings. The average molecular weight is 405 g/mol. The van der Waals surface area contributed by atoms with Gasteiger partial charge in [-0.1, -0.05) is 0 Å². The number of nitro benzene ring substituents is 1. The SMILES string of the molecule is COCCNc1ccc(C(=O)O[C@H](C)C(=O)Nc2ccc(F)cc2)cc1[N+](=O)[O-]. The van der Waals surface area contributed by atoms with E-state index in [1.165, 1.54) is 50.4 Å². The Bertz CT molecular complexity index is 888. The van der Waals surface area contributed by atoms with E-state index in [1.807, 2.05) is 0 Å². The number of nitro groups is 1. The molecule has 0 radical (unpaired) electrons. The number of halogens is 1. The molecular formula is C19H20FN3O6. The van der Waals surface area contributed by atoms with Crippen molar-refractivity contribution in [3.8, 4) is 0 Å². The standard InChI is InChI=1S/C19H20FN3O6/c1-12(18(24)22-15-6-4-14(20)5-7-15)29-19(25)13-3-8-16(21-9-10-28-2)17(11-13)23(26)27/h3-8,11-12,21H,9-10H2,1-2H3,(H,22,24)/t12-/m1/s1. The van der Waals surface area contributed by atoms with Crippen LogP contribution in [0.15, 0.2) is 42.5 Å². The highest BCUT2D eigenvalue weighted by atomic mass is 19.1. The Labute approximate surface area is 166 Å². The summed E-state index contributed by atoms with van der Waals surface area (Å²) in [6.07, 6.45) is -1.17. The number of nitrogens with zero attached hydrogens (tertiary/aromatic N) is 1. The number of rotatable bonds is 9. The van der Waals surface area contributed by atoms with Gasteiger partial charge in [0.05, 0.1) is 17.1 Å². The number of nitrogens with one attached hydrogen (secondary N) is 2. The molecule has 0 saturated carbocycles. The van der Waals surface area contributed by atoms with Gasteiger partial charge in [-0.25, -0.2) is 9.18 Å². The van der Waals surface area contributed by atoms with Crippen molar-refractivity contribution in [2.24, 2.45) is 0 Å². The first-order chi connectivity index (χ1) is 13.8. The van der Waals surface area contributed by atoms with Crippen LogP contribution in [0.5, 0.6) is 0 Å². The van der Waals surface area contributed by atoms with E-state index in [0.717, 1.165) is 6.07 Å². The Morgan fingerprint density at radius 1 is 1.21 bits per heavy atom. The Morgan fingerprint density at radius 2 is 1.90 bits per heavy atom. The molecule has 9 nitrogen and oxygen atoms in total. The minimum atomic E-state index is -1.17. The van der Waals surface area contributed by atoms with Crippen LogP contribution in [-0.2, 0) is 14.3 Å². The molecule has 2 aromatic rings. The van der Waals surface area contributed by atoms with Crippen LogP contribution in [0.4, 0.5) is 21.5 Å². The summed E-state index contributed by atoms with van der Waals surface area (Å²) in [6.45, 7) is 2.05. The fourth-order valence-corrected chi connectivity index (χ4v) is 2.31. The van der Waals surface area contributed by atoms with Gasteiger partial charge < -0.3 is 20.1 Å². The van der Waals surface area contributed by atoms with Gasteiger partial charge in [-0.2, -0.15) is 0 Å². The monoisotopic (exact) mass is 405 g/mol. The molecule has 1 atom stereocenters. The predicted molar refractivity (Wildman–Crippen MR) is 103 cm³/mol. The molecule has 1 amide bonds. The van der Waals surface area contributed by atoms with Gasteiger partial charge in [0, 0.05) is 25.4 Å². The van der Waals surface area contributed by atoms with Crippen molar-refractivity contribution in [3.63, 3.8) is 0 Å². The van der Waals surface area contributed by atoms with E-state index in [0.29, 0.717) is 18.8 Å². The molecule has 2 rings (SSSR count). The maximum Gasteiger partial charge on any atom is 0.339 e. The lowest BCUT2D eigenvalue weighted by Crippen LogP contribution is -2.30. The zero-order valence-electron chi connectivity index (χ0n) is 15.8. The molecule has 0 fully saturated rings. The van der Waals surface area contributed by atoms with Crippen molar-refractivity contribution in [1.29, 1.82) is 0 Å². The molecule has 0 aliphatic heterocycles. The summed E-state index contributed by atoms with van der Waals surface area (Å²) in [5.74, 6) is -1.97. The molecule has 2 N–H and O–H groups in total. The molecule has 0 aromatic heterocycles. The number of hydrogen-bond donors (Lipinski definition) is 2. The predicted octanol–water partition coefficient (Wildman–Crippen LogP) is 2.98. The normalized spacial score (nSPS) is 11.4. The third-order valence-electron chi connectivity index (χ3n) is 3.82. The summed E-state index contributed by atoms with van der Waals surface area (Å²) < 4.78 is 22.9. The summed E-state index contributed by atoms with van der Waals surface area (Å²) >= 11 is 0. The van der Waals surface area contributed by atoms with Crippen molar-refractivity contribution in [2.45, 2.75) is 13.0 Å². The summed E-state index contributed by atoms with van der Waals surface area (Å²) in [5, 5.41) is 16.6. The topological polar surface area (TPSA) is 120 Å². The highest BCUT2D eigenvalue weighted by Crippen LogP contribution is 2.26. The molecule has 0 aliphatic carbocycles. The third kappa shape index (κ3) is 6.25. The van der Waals surface area contributed by atoms with E-state index in [1.54, 1.807) is 0 Å². The average Bonchev–Trinajstić information content (AvgIpc) is 2.69. The largest absolute Gasteiger partial charge is 0.449 e. The highest BCUT2D eigenvalue weighted by molar-refractivity contribution is 5.97. The quantitative estimate of drug-likeness (QED) is 0.285. The summed E-state index contributed by atoms with van der Waals surface area (Å²) in [4.78, 5) is 35.1. The van der Waals surface area contributed by atoms with E-state index in [2.05, 4.69) is 10.6 Å². The van der Waals surface area contributed by atoms with Crippen LogP contribution in [-0.4, -0.2) is 43.2 Å². The molecule has 2 aromatic carbocycles. The Kier molecular flexibility index (Phi) is 7.61. The summed E-state index contributed by atoms with van der Waals surface area (Å²) in [5.41, 5.74) is 0.182. The summed E-state index contributed by atoms with van der Waals surface area (Å²) in [6, 6.07) is 8.88. The number of benzene rings is 2. The maximum absolute atomic E-state index is 12.9. The van der Waals surface area contributed by atoms with E-state index < -0.39 is 28.7 Å². The minimum absolute atomic E-state index is 0.0737. The molecule has 0 unspecified atom stereocenters. The molecule has 0 spiro atoms. The fourth-order valence-electron chi connectivity index (χ4n) is 2.31. The highest BCUT2D eigenvalue weighted by Gasteiger charge is 2.22. The van der Waals surface area contributed by atoms with Gasteiger partial charge in [0.2, 0.25) is 0 Å². The van der Waals surface area contributed by atoms with E-state index >= 15 is 0 Å². The number of esters is 1. The second kappa shape index (κ2) is 10.1. The van der Waals surface area contributed by atoms with E-state index in [-0.39, 0.29) is 16.9 Å². The Balaban J connectivity index is 2.04. The first-order valence-electron chi connectivity index (χ1n) is 8.60. The summed E-state index contributed by atoms with van der Waals surface area (Å²) in [7, 11) is 1.50. The maximum atomic E-state index is 12.9. The number of carbonyl (C=O) groups excluding carboxylic acids is 2. The van der Waals surface area contributed by atoms with Crippen molar-refractivity contribution < 1.29 is 28.4 Å². The number of methoxy groups -OCH3 is 1. The first-order valence-corrected chi connectivity index (χ1v) is 8.60. The van der Waals surface area contributed by atoms with Crippen LogP contribution in [0.3, 0.4) is 0 Å². The van der Waals surface area contributed by atoms with Crippen molar-refractivity contribution >= 4 is 28.9 Å². The molecular weight excluding hydrogens is 385 g/mol. The number of anilines is 2. The zero-order chi connectivity index (χ0) is 21.4. The lowest BCUT2D eigenvalue weighted by atomic mass is 10.1. The smallest absolute Gasteiger partial charge is 0.339 e. The zero-order valence-corrected chi connectivity index (χ0v) is 15.8. The van der Waals surface area contributed by atoms with Crippen LogP contribution in [0.2, 0.25) is 0 Å². The van der Waals surface area contributed by atoms with Gasteiger partial charge in [-0.15, -0.1) is 0 Å². The second-order valence-electron chi connectivity index (χ2n) is 5.95. The van der Waals surface area contributed by atoms with Crippen LogP contribution in [0, 0.1) is 15.9 Å². The number of hydrogen-bond acceptors (Lipinski definition) is 7. The fraction of sp³-hybridized carbons (Fsp3) is 0.263. The van der Waals surface area contributed by atoms with Gasteiger partial charge in [-0.3, -0.25) is 14.9 Å². The van der Waals surface area contributed by atoms with Crippen LogP contribution >= 0.6 is 0 Å². The first kappa shape index (κ1) is 21.8. The van der Waals surface area contributed by atoms with Crippen molar-refractivity contribution in [3.05, 3.63) is 64.0 Å². The second-order valence-corrected chi connectivity index (χ2v) is 5.95. The molecule has 0 heterocycles. The number of ether oxygens (including phenoxy) is 2. The van der Waals surface area contributed by atoms with E-state index in [4.69, 9.17) is 9.47 Å². The minimum Gasteiger partial charge on any atom is -0.449 e. The van der Waals surface area contributed by atoms with Gasteiger partial charge in [0.1, 0.15) is 11.5 Å². The Hall–Kier alpha value is -3.53. The van der Waals surface area contributed by atoms with Crippen molar-refractivity contribution in [2.75, 3.05) is 30.9 Å². The van der Waals surface area contributed by atoms with Crippen molar-refractivity contribution in [1.82, 2.24) is 0 Å². The number of amides is 1. The molecule has 10 heteroatoms. The van der Waals surface area contributed by atoms with Crippen LogP contribution < -0.4 is 10.6 Å². The van der Waals surface area contributed by atoms with Crippen LogP contribution in [0.1, 0.15) is 17.3 Å². The number of carbonyl (C=O) groups is 2.